The minimum Gasteiger partial charge on any atom is -0.370 e. The Labute approximate surface area is 124 Å². The van der Waals surface area contributed by atoms with Gasteiger partial charge in [-0.05, 0) is 36.5 Å². The first-order valence-corrected chi connectivity index (χ1v) is 7.88. The number of piperidine rings is 1. The van der Waals surface area contributed by atoms with E-state index in [1.807, 2.05) is 12.1 Å². The second-order valence-electron chi connectivity index (χ2n) is 5.47. The summed E-state index contributed by atoms with van der Waals surface area (Å²) >= 11 is 3.43. The molecule has 1 fully saturated rings. The van der Waals surface area contributed by atoms with E-state index in [9.17, 15) is 5.26 Å². The Morgan fingerprint density at radius 3 is 2.42 bits per heavy atom. The van der Waals surface area contributed by atoms with Crippen LogP contribution in [0.25, 0.3) is 0 Å². The van der Waals surface area contributed by atoms with Crippen molar-refractivity contribution in [3.05, 3.63) is 28.2 Å². The second-order valence-corrected chi connectivity index (χ2v) is 6.38. The predicted molar refractivity (Wildman–Crippen MR) is 83.3 cm³/mol. The number of nitrogens with zero attached hydrogens (tertiary/aromatic N) is 2. The number of hydrogen-bond acceptors (Lipinski definition) is 2. The summed E-state index contributed by atoms with van der Waals surface area (Å²) in [5.41, 5.74) is 2.39. The van der Waals surface area contributed by atoms with Gasteiger partial charge in [-0.25, -0.2) is 0 Å². The zero-order valence-electron chi connectivity index (χ0n) is 11.7. The molecule has 1 aromatic rings. The van der Waals surface area contributed by atoms with Crippen molar-refractivity contribution in [1.29, 1.82) is 5.26 Å². The van der Waals surface area contributed by atoms with Crippen LogP contribution >= 0.6 is 15.9 Å². The largest absolute Gasteiger partial charge is 0.370 e. The van der Waals surface area contributed by atoms with Crippen LogP contribution < -0.4 is 4.90 Å². The fourth-order valence-corrected chi connectivity index (χ4v) is 3.41. The van der Waals surface area contributed by atoms with Gasteiger partial charge in [-0.3, -0.25) is 0 Å². The highest BCUT2D eigenvalue weighted by Gasteiger charge is 2.31. The SMILES string of the molecule is CCC1(CC)CCN(c2ccc(Br)cc2C#N)CC1. The predicted octanol–water partition coefficient (Wildman–Crippen LogP) is 4.73. The van der Waals surface area contributed by atoms with Crippen molar-refractivity contribution in [1.82, 2.24) is 0 Å². The molecule has 1 heterocycles. The van der Waals surface area contributed by atoms with Gasteiger partial charge in [-0.2, -0.15) is 5.26 Å². The van der Waals surface area contributed by atoms with Crippen LogP contribution in [0.2, 0.25) is 0 Å². The molecule has 0 N–H and O–H groups in total. The van der Waals surface area contributed by atoms with Gasteiger partial charge < -0.3 is 4.90 Å². The molecule has 0 spiro atoms. The number of rotatable bonds is 3. The molecule has 2 nitrogen and oxygen atoms in total. The van der Waals surface area contributed by atoms with Crippen molar-refractivity contribution >= 4 is 21.6 Å². The van der Waals surface area contributed by atoms with Gasteiger partial charge in [0.2, 0.25) is 0 Å². The van der Waals surface area contributed by atoms with Gasteiger partial charge in [-0.15, -0.1) is 0 Å². The molecule has 102 valence electrons. The summed E-state index contributed by atoms with van der Waals surface area (Å²) in [6.07, 6.45) is 5.01. The fourth-order valence-electron chi connectivity index (χ4n) is 3.05. The lowest BCUT2D eigenvalue weighted by molar-refractivity contribution is 0.199. The Morgan fingerprint density at radius 2 is 1.89 bits per heavy atom. The van der Waals surface area contributed by atoms with Crippen LogP contribution in [0.15, 0.2) is 22.7 Å². The van der Waals surface area contributed by atoms with E-state index in [0.29, 0.717) is 5.41 Å². The highest BCUT2D eigenvalue weighted by Crippen LogP contribution is 2.39. The molecule has 0 radical (unpaired) electrons. The first-order valence-electron chi connectivity index (χ1n) is 7.09. The van der Waals surface area contributed by atoms with E-state index >= 15 is 0 Å². The second kappa shape index (κ2) is 5.96. The van der Waals surface area contributed by atoms with Crippen molar-refractivity contribution in [2.24, 2.45) is 5.41 Å². The summed E-state index contributed by atoms with van der Waals surface area (Å²) in [6, 6.07) is 8.31. The monoisotopic (exact) mass is 320 g/mol. The molecule has 1 aromatic carbocycles. The standard InChI is InChI=1S/C16H21BrN2/c1-3-16(4-2)7-9-19(10-8-16)15-6-5-14(17)11-13(15)12-18/h5-6,11H,3-4,7-10H2,1-2H3. The number of halogens is 1. The Kier molecular flexibility index (Phi) is 4.52. The third-order valence-corrected chi connectivity index (χ3v) is 5.24. The summed E-state index contributed by atoms with van der Waals surface area (Å²) in [7, 11) is 0. The van der Waals surface area contributed by atoms with Gasteiger partial charge >= 0.3 is 0 Å². The average Bonchev–Trinajstić information content (AvgIpc) is 2.47. The molecular formula is C16H21BrN2. The molecule has 3 heteroatoms. The van der Waals surface area contributed by atoms with Crippen LogP contribution in [0.3, 0.4) is 0 Å². The van der Waals surface area contributed by atoms with E-state index in [-0.39, 0.29) is 0 Å². The van der Waals surface area contributed by atoms with Crippen molar-refractivity contribution in [2.45, 2.75) is 39.5 Å². The molecule has 0 aromatic heterocycles. The third-order valence-electron chi connectivity index (χ3n) is 4.74. The molecule has 0 aliphatic carbocycles. The molecule has 1 aliphatic heterocycles. The molecule has 1 aliphatic rings. The van der Waals surface area contributed by atoms with Crippen molar-refractivity contribution in [3.8, 4) is 6.07 Å². The Balaban J connectivity index is 2.16. The van der Waals surface area contributed by atoms with E-state index in [0.717, 1.165) is 28.8 Å². The lowest BCUT2D eigenvalue weighted by Gasteiger charge is -2.42. The molecule has 0 unspecified atom stereocenters. The van der Waals surface area contributed by atoms with E-state index in [1.54, 1.807) is 0 Å². The summed E-state index contributed by atoms with van der Waals surface area (Å²) in [5, 5.41) is 9.27. The zero-order valence-corrected chi connectivity index (χ0v) is 13.3. The number of hydrogen-bond donors (Lipinski definition) is 0. The molecule has 19 heavy (non-hydrogen) atoms. The van der Waals surface area contributed by atoms with Crippen LogP contribution in [0.4, 0.5) is 5.69 Å². The van der Waals surface area contributed by atoms with Crippen molar-refractivity contribution in [2.75, 3.05) is 18.0 Å². The van der Waals surface area contributed by atoms with E-state index in [2.05, 4.69) is 46.8 Å². The van der Waals surface area contributed by atoms with Crippen LogP contribution in [-0.4, -0.2) is 13.1 Å². The third kappa shape index (κ3) is 2.95. The molecule has 0 bridgehead atoms. The van der Waals surface area contributed by atoms with Crippen LogP contribution in [0.1, 0.15) is 45.1 Å². The Morgan fingerprint density at radius 1 is 1.26 bits per heavy atom. The zero-order chi connectivity index (χ0) is 13.9. The van der Waals surface area contributed by atoms with Gasteiger partial charge in [0.1, 0.15) is 6.07 Å². The number of nitriles is 1. The maximum atomic E-state index is 9.27. The fraction of sp³-hybridized carbons (Fsp3) is 0.562. The first-order chi connectivity index (χ1) is 9.14. The molecule has 0 saturated carbocycles. The Bertz CT molecular complexity index is 476. The number of benzene rings is 1. The van der Waals surface area contributed by atoms with Gasteiger partial charge in [-0.1, -0.05) is 42.6 Å². The quantitative estimate of drug-likeness (QED) is 0.805. The minimum absolute atomic E-state index is 0.526. The van der Waals surface area contributed by atoms with Crippen molar-refractivity contribution in [3.63, 3.8) is 0 Å². The van der Waals surface area contributed by atoms with Gasteiger partial charge in [0, 0.05) is 17.6 Å². The molecule has 1 saturated heterocycles. The molecule has 2 rings (SSSR count). The van der Waals surface area contributed by atoms with E-state index < -0.39 is 0 Å². The molecule has 0 atom stereocenters. The normalized spacial score (nSPS) is 18.1. The van der Waals surface area contributed by atoms with Crippen molar-refractivity contribution < 1.29 is 0 Å². The highest BCUT2D eigenvalue weighted by molar-refractivity contribution is 9.10. The van der Waals surface area contributed by atoms with Gasteiger partial charge in [0.05, 0.1) is 11.3 Å². The lowest BCUT2D eigenvalue weighted by atomic mass is 9.74. The smallest absolute Gasteiger partial charge is 0.101 e. The molecule has 0 amide bonds. The van der Waals surface area contributed by atoms with Crippen LogP contribution in [0.5, 0.6) is 0 Å². The highest BCUT2D eigenvalue weighted by atomic mass is 79.9. The van der Waals surface area contributed by atoms with Crippen LogP contribution in [-0.2, 0) is 0 Å². The van der Waals surface area contributed by atoms with Crippen LogP contribution in [0, 0.1) is 16.7 Å². The van der Waals surface area contributed by atoms with Gasteiger partial charge in [0.25, 0.3) is 0 Å². The Hall–Kier alpha value is -1.01. The van der Waals surface area contributed by atoms with E-state index in [4.69, 9.17) is 0 Å². The molecular weight excluding hydrogens is 300 g/mol. The van der Waals surface area contributed by atoms with E-state index in [1.165, 1.54) is 25.7 Å². The number of anilines is 1. The summed E-state index contributed by atoms with van der Waals surface area (Å²) in [4.78, 5) is 2.37. The summed E-state index contributed by atoms with van der Waals surface area (Å²) in [6.45, 7) is 6.75. The maximum absolute atomic E-state index is 9.27. The minimum atomic E-state index is 0.526. The first kappa shape index (κ1) is 14.4. The van der Waals surface area contributed by atoms with Gasteiger partial charge in [0.15, 0.2) is 0 Å². The maximum Gasteiger partial charge on any atom is 0.101 e. The topological polar surface area (TPSA) is 27.0 Å². The average molecular weight is 321 g/mol. The lowest BCUT2D eigenvalue weighted by Crippen LogP contribution is -2.39. The summed E-state index contributed by atoms with van der Waals surface area (Å²) < 4.78 is 0.973. The summed E-state index contributed by atoms with van der Waals surface area (Å²) in [5.74, 6) is 0.